The summed E-state index contributed by atoms with van der Waals surface area (Å²) in [6, 6.07) is 2.07. The van der Waals surface area contributed by atoms with Crippen LogP contribution in [0.5, 0.6) is 0 Å². The Bertz CT molecular complexity index is 738. The molecule has 0 amide bonds. The summed E-state index contributed by atoms with van der Waals surface area (Å²) in [6.07, 6.45) is 3.58. The van der Waals surface area contributed by atoms with Gasteiger partial charge in [-0.05, 0) is 20.8 Å². The molecule has 0 fully saturated rings. The molecule has 0 aromatic carbocycles. The summed E-state index contributed by atoms with van der Waals surface area (Å²) < 4.78 is 3.63. The van der Waals surface area contributed by atoms with E-state index in [1.165, 1.54) is 0 Å². The first-order valence-corrected chi connectivity index (χ1v) is 6.09. The topological polar surface area (TPSA) is 86.9 Å². The lowest BCUT2D eigenvalue weighted by atomic mass is 10.2. The van der Waals surface area contributed by atoms with Gasteiger partial charge in [-0.2, -0.15) is 5.10 Å². The summed E-state index contributed by atoms with van der Waals surface area (Å²) in [6.45, 7) is 6.10. The molecule has 0 aliphatic heterocycles. The number of anilines is 1. The number of hydrogen-bond acceptors (Lipinski definition) is 5. The maximum atomic E-state index is 5.90. The van der Waals surface area contributed by atoms with E-state index in [4.69, 9.17) is 5.73 Å². The highest BCUT2D eigenvalue weighted by molar-refractivity contribution is 5.63. The van der Waals surface area contributed by atoms with E-state index in [1.807, 2.05) is 17.8 Å². The molecule has 3 rings (SSSR count). The predicted octanol–water partition coefficient (Wildman–Crippen LogP) is 1.46. The van der Waals surface area contributed by atoms with Crippen molar-refractivity contribution in [2.45, 2.75) is 26.8 Å². The number of nitrogens with two attached hydrogens (primary N) is 1. The lowest BCUT2D eigenvalue weighted by Crippen LogP contribution is -2.01. The highest BCUT2D eigenvalue weighted by atomic mass is 15.3. The molecule has 0 radical (unpaired) electrons. The second-order valence-corrected chi connectivity index (χ2v) is 4.72. The van der Waals surface area contributed by atoms with Crippen molar-refractivity contribution in [3.8, 4) is 11.4 Å². The smallest absolute Gasteiger partial charge is 0.207 e. The lowest BCUT2D eigenvalue weighted by molar-refractivity contribution is 0.529. The van der Waals surface area contributed by atoms with Crippen LogP contribution in [0, 0.1) is 6.92 Å². The van der Waals surface area contributed by atoms with Gasteiger partial charge >= 0.3 is 0 Å². The molecule has 7 heteroatoms. The molecule has 98 valence electrons. The maximum absolute atomic E-state index is 5.90. The van der Waals surface area contributed by atoms with Crippen LogP contribution in [0.1, 0.15) is 25.6 Å². The molecule has 3 heterocycles. The molecule has 0 bridgehead atoms. The van der Waals surface area contributed by atoms with Gasteiger partial charge in [-0.3, -0.25) is 4.68 Å². The summed E-state index contributed by atoms with van der Waals surface area (Å²) in [5.41, 5.74) is 8.39. The Balaban J connectivity index is 2.25. The number of rotatable bonds is 2. The molecule has 3 aromatic heterocycles. The Hall–Kier alpha value is -2.44. The van der Waals surface area contributed by atoms with Gasteiger partial charge in [-0.25, -0.2) is 9.38 Å². The van der Waals surface area contributed by atoms with Crippen LogP contribution in [0.4, 0.5) is 5.95 Å². The molecule has 0 saturated heterocycles. The van der Waals surface area contributed by atoms with Crippen LogP contribution in [0.2, 0.25) is 0 Å². The molecule has 19 heavy (non-hydrogen) atoms. The maximum Gasteiger partial charge on any atom is 0.207 e. The van der Waals surface area contributed by atoms with Crippen LogP contribution < -0.4 is 5.73 Å². The SMILES string of the molecule is Cc1nn(C(C)C)cc1-c1nnc2ccnc(N)n12. The van der Waals surface area contributed by atoms with Gasteiger partial charge in [0, 0.05) is 24.5 Å². The highest BCUT2D eigenvalue weighted by Gasteiger charge is 2.16. The fourth-order valence-corrected chi connectivity index (χ4v) is 2.01. The van der Waals surface area contributed by atoms with Crippen molar-refractivity contribution in [3.05, 3.63) is 24.2 Å². The summed E-state index contributed by atoms with van der Waals surface area (Å²) in [4.78, 5) is 4.07. The fourth-order valence-electron chi connectivity index (χ4n) is 2.01. The van der Waals surface area contributed by atoms with Crippen LogP contribution in [-0.2, 0) is 0 Å². The van der Waals surface area contributed by atoms with E-state index in [0.29, 0.717) is 23.5 Å². The van der Waals surface area contributed by atoms with E-state index in [0.717, 1.165) is 11.3 Å². The Morgan fingerprint density at radius 1 is 1.26 bits per heavy atom. The first-order valence-electron chi connectivity index (χ1n) is 6.09. The van der Waals surface area contributed by atoms with E-state index < -0.39 is 0 Å². The number of nitrogen functional groups attached to an aromatic ring is 1. The molecule has 0 atom stereocenters. The van der Waals surface area contributed by atoms with Crippen LogP contribution >= 0.6 is 0 Å². The second-order valence-electron chi connectivity index (χ2n) is 4.72. The van der Waals surface area contributed by atoms with Gasteiger partial charge in [0.05, 0.1) is 11.3 Å². The van der Waals surface area contributed by atoms with E-state index in [-0.39, 0.29) is 0 Å². The summed E-state index contributed by atoms with van der Waals surface area (Å²) >= 11 is 0. The number of aromatic nitrogens is 6. The van der Waals surface area contributed by atoms with Crippen molar-refractivity contribution >= 4 is 11.6 Å². The monoisotopic (exact) mass is 257 g/mol. The molecule has 0 unspecified atom stereocenters. The second kappa shape index (κ2) is 4.04. The fraction of sp³-hybridized carbons (Fsp3) is 0.333. The number of hydrogen-bond donors (Lipinski definition) is 1. The van der Waals surface area contributed by atoms with Gasteiger partial charge in [-0.15, -0.1) is 10.2 Å². The van der Waals surface area contributed by atoms with Crippen LogP contribution in [0.25, 0.3) is 17.0 Å². The zero-order valence-corrected chi connectivity index (χ0v) is 11.1. The molecule has 0 saturated carbocycles. The Kier molecular flexibility index (Phi) is 2.48. The highest BCUT2D eigenvalue weighted by Crippen LogP contribution is 2.24. The van der Waals surface area contributed by atoms with E-state index in [1.54, 1.807) is 16.7 Å². The van der Waals surface area contributed by atoms with E-state index in [2.05, 4.69) is 34.1 Å². The summed E-state index contributed by atoms with van der Waals surface area (Å²) in [5.74, 6) is 1.04. The number of aryl methyl sites for hydroxylation is 1. The molecule has 0 aliphatic rings. The number of fused-ring (bicyclic) bond motifs is 1. The van der Waals surface area contributed by atoms with Crippen molar-refractivity contribution in [2.24, 2.45) is 0 Å². The Morgan fingerprint density at radius 2 is 2.05 bits per heavy atom. The predicted molar refractivity (Wildman–Crippen MR) is 71.5 cm³/mol. The lowest BCUT2D eigenvalue weighted by Gasteiger charge is -2.03. The van der Waals surface area contributed by atoms with E-state index >= 15 is 0 Å². The summed E-state index contributed by atoms with van der Waals surface area (Å²) in [5, 5.41) is 12.8. The Labute approximate surface area is 110 Å². The third-order valence-electron chi connectivity index (χ3n) is 3.03. The van der Waals surface area contributed by atoms with Gasteiger partial charge in [0.1, 0.15) is 0 Å². The normalized spacial score (nSPS) is 11.6. The minimum absolute atomic E-state index is 0.294. The molecular formula is C12H15N7. The van der Waals surface area contributed by atoms with Gasteiger partial charge < -0.3 is 5.73 Å². The molecule has 3 aromatic rings. The standard InChI is InChI=1S/C12H15N7/c1-7(2)18-6-9(8(3)17-18)11-16-15-10-4-5-14-12(13)19(10)11/h4-7H,1-3H3,(H2,13,14). The van der Waals surface area contributed by atoms with Gasteiger partial charge in [0.2, 0.25) is 5.95 Å². The van der Waals surface area contributed by atoms with Crippen LogP contribution in [0.3, 0.4) is 0 Å². The molecule has 0 aliphatic carbocycles. The molecule has 0 spiro atoms. The van der Waals surface area contributed by atoms with Crippen molar-refractivity contribution in [1.82, 2.24) is 29.4 Å². The van der Waals surface area contributed by atoms with E-state index in [9.17, 15) is 0 Å². The van der Waals surface area contributed by atoms with Gasteiger partial charge in [0.25, 0.3) is 0 Å². The first kappa shape index (κ1) is 11.6. The average Bonchev–Trinajstić information content (AvgIpc) is 2.93. The van der Waals surface area contributed by atoms with Crippen molar-refractivity contribution < 1.29 is 0 Å². The zero-order valence-electron chi connectivity index (χ0n) is 11.1. The third-order valence-corrected chi connectivity index (χ3v) is 3.03. The molecule has 7 nitrogen and oxygen atoms in total. The minimum Gasteiger partial charge on any atom is -0.369 e. The van der Waals surface area contributed by atoms with Gasteiger partial charge in [0.15, 0.2) is 11.5 Å². The van der Waals surface area contributed by atoms with Crippen LogP contribution in [-0.4, -0.2) is 29.4 Å². The summed E-state index contributed by atoms with van der Waals surface area (Å²) in [7, 11) is 0. The van der Waals surface area contributed by atoms with Crippen molar-refractivity contribution in [2.75, 3.05) is 5.73 Å². The largest absolute Gasteiger partial charge is 0.369 e. The van der Waals surface area contributed by atoms with Crippen LogP contribution in [0.15, 0.2) is 18.5 Å². The van der Waals surface area contributed by atoms with Crippen molar-refractivity contribution in [3.63, 3.8) is 0 Å². The third kappa shape index (κ3) is 1.74. The average molecular weight is 257 g/mol. The van der Waals surface area contributed by atoms with Crippen molar-refractivity contribution in [1.29, 1.82) is 0 Å². The minimum atomic E-state index is 0.294. The molecular weight excluding hydrogens is 242 g/mol. The quantitative estimate of drug-likeness (QED) is 0.751. The first-order chi connectivity index (χ1) is 9.08. The van der Waals surface area contributed by atoms with Gasteiger partial charge in [-0.1, -0.05) is 0 Å². The number of nitrogens with zero attached hydrogens (tertiary/aromatic N) is 6. The zero-order chi connectivity index (χ0) is 13.6. The molecule has 2 N–H and O–H groups in total. The Morgan fingerprint density at radius 3 is 2.74 bits per heavy atom.